The second kappa shape index (κ2) is 11.6. The number of aromatic nitrogens is 2. The Balaban J connectivity index is 1.69. The van der Waals surface area contributed by atoms with Crippen LogP contribution in [0.15, 0.2) is 42.6 Å². The van der Waals surface area contributed by atoms with E-state index >= 15 is 0 Å². The zero-order chi connectivity index (χ0) is 28.3. The molecule has 39 heavy (non-hydrogen) atoms. The number of halogens is 5. The number of nitrogens with one attached hydrogen (secondary N) is 2. The standard InChI is InChI=1S/C26H24BrF4N5O3/c1-14-17-4-3-5-20(22(17)24(38)36(14)9-8-28)33-23-18(26(29,30)31)13-32-25(35-23)34-19-7-6-15(10-16(37)12-27)11-21(19)39-2/h3-7,11,13-14H,8-10,12H2,1-2H3,(H2,32,33,34,35). The number of amides is 1. The number of nitrogens with zero attached hydrogens (tertiary/aromatic N) is 3. The third-order valence-electron chi connectivity index (χ3n) is 6.22. The fourth-order valence-corrected chi connectivity index (χ4v) is 4.55. The number of hydrogen-bond donors (Lipinski definition) is 2. The predicted octanol–water partition coefficient (Wildman–Crippen LogP) is 5.98. The van der Waals surface area contributed by atoms with Crippen LogP contribution < -0.4 is 15.4 Å². The topological polar surface area (TPSA) is 96.4 Å². The first kappa shape index (κ1) is 28.3. The summed E-state index contributed by atoms with van der Waals surface area (Å²) in [7, 11) is 1.41. The van der Waals surface area contributed by atoms with Gasteiger partial charge in [0.15, 0.2) is 0 Å². The number of carbonyl (C=O) groups is 2. The normalized spacial score (nSPS) is 14.8. The van der Waals surface area contributed by atoms with E-state index in [1.807, 2.05) is 0 Å². The maximum atomic E-state index is 13.9. The van der Waals surface area contributed by atoms with Crippen molar-refractivity contribution >= 4 is 50.8 Å². The van der Waals surface area contributed by atoms with E-state index in [2.05, 4.69) is 36.5 Å². The minimum Gasteiger partial charge on any atom is -0.495 e. The lowest BCUT2D eigenvalue weighted by atomic mass is 10.0. The smallest absolute Gasteiger partial charge is 0.421 e. The number of ether oxygens (including phenoxy) is 1. The zero-order valence-electron chi connectivity index (χ0n) is 20.9. The molecule has 13 heteroatoms. The first-order valence-corrected chi connectivity index (χ1v) is 12.9. The van der Waals surface area contributed by atoms with E-state index in [0.717, 1.165) is 0 Å². The summed E-state index contributed by atoms with van der Waals surface area (Å²) in [6.07, 6.45) is -3.98. The van der Waals surface area contributed by atoms with E-state index in [9.17, 15) is 27.2 Å². The molecule has 2 N–H and O–H groups in total. The van der Waals surface area contributed by atoms with Gasteiger partial charge in [0.1, 0.15) is 29.6 Å². The Morgan fingerprint density at radius 3 is 2.62 bits per heavy atom. The number of rotatable bonds is 10. The van der Waals surface area contributed by atoms with Gasteiger partial charge in [-0.3, -0.25) is 9.59 Å². The van der Waals surface area contributed by atoms with Gasteiger partial charge in [0, 0.05) is 19.2 Å². The summed E-state index contributed by atoms with van der Waals surface area (Å²) in [5.74, 6) is -0.924. The summed E-state index contributed by atoms with van der Waals surface area (Å²) in [5.41, 5.74) is 0.762. The van der Waals surface area contributed by atoms with E-state index in [0.29, 0.717) is 28.8 Å². The second-order valence-corrected chi connectivity index (χ2v) is 9.28. The number of fused-ring (bicyclic) bond motifs is 1. The Hall–Kier alpha value is -3.74. The lowest BCUT2D eigenvalue weighted by Gasteiger charge is -2.20. The van der Waals surface area contributed by atoms with Crippen LogP contribution in [0.5, 0.6) is 5.75 Å². The van der Waals surface area contributed by atoms with Gasteiger partial charge in [-0.1, -0.05) is 34.1 Å². The van der Waals surface area contributed by atoms with Gasteiger partial charge in [0.2, 0.25) is 5.95 Å². The van der Waals surface area contributed by atoms with Crippen molar-refractivity contribution in [3.8, 4) is 5.75 Å². The first-order chi connectivity index (χ1) is 18.6. The molecule has 0 aliphatic carbocycles. The van der Waals surface area contributed by atoms with Gasteiger partial charge in [-0.15, -0.1) is 0 Å². The van der Waals surface area contributed by atoms with Crippen molar-refractivity contribution in [1.29, 1.82) is 0 Å². The molecule has 4 rings (SSSR count). The SMILES string of the molecule is COc1cc(CC(=O)CBr)ccc1Nc1ncc(C(F)(F)F)c(Nc2cccc3c2C(=O)N(CCF)C3C)n1. The van der Waals surface area contributed by atoms with E-state index < -0.39 is 36.2 Å². The molecule has 0 saturated carbocycles. The van der Waals surface area contributed by atoms with Gasteiger partial charge in [0.25, 0.3) is 5.91 Å². The highest BCUT2D eigenvalue weighted by molar-refractivity contribution is 9.09. The number of Topliss-reactive ketones (excluding diaryl/α,β-unsaturated/α-hetero) is 1. The van der Waals surface area contributed by atoms with E-state index in [4.69, 9.17) is 4.74 Å². The Kier molecular flexibility index (Phi) is 8.38. The fraction of sp³-hybridized carbons (Fsp3) is 0.308. The molecule has 0 fully saturated rings. The Morgan fingerprint density at radius 2 is 1.95 bits per heavy atom. The van der Waals surface area contributed by atoms with Crippen molar-refractivity contribution < 1.29 is 31.9 Å². The van der Waals surface area contributed by atoms with Crippen molar-refractivity contribution in [3.05, 3.63) is 64.8 Å². The molecule has 2 heterocycles. The molecule has 206 valence electrons. The first-order valence-electron chi connectivity index (χ1n) is 11.8. The molecule has 2 aromatic carbocycles. The van der Waals surface area contributed by atoms with Gasteiger partial charge >= 0.3 is 6.18 Å². The van der Waals surface area contributed by atoms with Crippen molar-refractivity contribution in [2.24, 2.45) is 0 Å². The Labute approximate surface area is 229 Å². The van der Waals surface area contributed by atoms with Gasteiger partial charge in [-0.2, -0.15) is 18.2 Å². The molecule has 3 aromatic rings. The van der Waals surface area contributed by atoms with Crippen LogP contribution in [-0.4, -0.2) is 52.2 Å². The van der Waals surface area contributed by atoms with Crippen molar-refractivity contribution in [1.82, 2.24) is 14.9 Å². The van der Waals surface area contributed by atoms with Crippen LogP contribution >= 0.6 is 15.9 Å². The average molecular weight is 610 g/mol. The molecule has 1 unspecified atom stereocenters. The molecule has 1 aliphatic rings. The summed E-state index contributed by atoms with van der Waals surface area (Å²) < 4.78 is 60.0. The minimum atomic E-state index is -4.79. The van der Waals surface area contributed by atoms with Gasteiger partial charge in [0.05, 0.1) is 35.4 Å². The number of carbonyl (C=O) groups excluding carboxylic acids is 2. The highest BCUT2D eigenvalue weighted by Gasteiger charge is 2.38. The van der Waals surface area contributed by atoms with Gasteiger partial charge < -0.3 is 20.3 Å². The number of alkyl halides is 5. The predicted molar refractivity (Wildman–Crippen MR) is 141 cm³/mol. The largest absolute Gasteiger partial charge is 0.495 e. The summed E-state index contributed by atoms with van der Waals surface area (Å²) in [6.45, 7) is 0.850. The molecule has 1 amide bonds. The van der Waals surface area contributed by atoms with E-state index in [1.165, 1.54) is 18.1 Å². The van der Waals surface area contributed by atoms with E-state index in [1.54, 1.807) is 37.3 Å². The van der Waals surface area contributed by atoms with Gasteiger partial charge in [-0.25, -0.2) is 9.37 Å². The Bertz CT molecular complexity index is 1400. The maximum absolute atomic E-state index is 13.9. The van der Waals surface area contributed by atoms with Crippen LogP contribution in [0.25, 0.3) is 0 Å². The minimum absolute atomic E-state index is 0.0346. The van der Waals surface area contributed by atoms with Crippen molar-refractivity contribution in [3.63, 3.8) is 0 Å². The lowest BCUT2D eigenvalue weighted by Crippen LogP contribution is -2.28. The summed E-state index contributed by atoms with van der Waals surface area (Å²) in [6, 6.07) is 9.23. The molecule has 1 aliphatic heterocycles. The number of methoxy groups -OCH3 is 1. The molecule has 0 bridgehead atoms. The number of benzene rings is 2. The summed E-state index contributed by atoms with van der Waals surface area (Å²) in [4.78, 5) is 34.0. The molecule has 0 saturated heterocycles. The summed E-state index contributed by atoms with van der Waals surface area (Å²) in [5, 5.41) is 5.71. The second-order valence-electron chi connectivity index (χ2n) is 8.72. The van der Waals surface area contributed by atoms with Crippen LogP contribution in [0, 0.1) is 0 Å². The molecule has 1 aromatic heterocycles. The highest BCUT2D eigenvalue weighted by Crippen LogP contribution is 2.40. The average Bonchev–Trinajstić information content (AvgIpc) is 3.14. The summed E-state index contributed by atoms with van der Waals surface area (Å²) >= 11 is 3.12. The van der Waals surface area contributed by atoms with Gasteiger partial charge in [-0.05, 0) is 36.2 Å². The van der Waals surface area contributed by atoms with Crippen molar-refractivity contribution in [2.75, 3.05) is 36.3 Å². The highest BCUT2D eigenvalue weighted by atomic mass is 79.9. The van der Waals surface area contributed by atoms with Crippen LogP contribution in [0.4, 0.5) is 40.7 Å². The third-order valence-corrected chi connectivity index (χ3v) is 6.85. The van der Waals surface area contributed by atoms with E-state index in [-0.39, 0.29) is 41.3 Å². The number of hydrogen-bond acceptors (Lipinski definition) is 7. The van der Waals surface area contributed by atoms with Crippen molar-refractivity contribution in [2.45, 2.75) is 25.6 Å². The molecule has 8 nitrogen and oxygen atoms in total. The number of anilines is 4. The quantitative estimate of drug-likeness (QED) is 0.215. The molecular formula is C26H24BrF4N5O3. The molecule has 0 spiro atoms. The lowest BCUT2D eigenvalue weighted by molar-refractivity contribution is -0.137. The Morgan fingerprint density at radius 1 is 1.18 bits per heavy atom. The molecular weight excluding hydrogens is 586 g/mol. The van der Waals surface area contributed by atoms with Crippen LogP contribution in [-0.2, 0) is 17.4 Å². The van der Waals surface area contributed by atoms with Crippen LogP contribution in [0.2, 0.25) is 0 Å². The monoisotopic (exact) mass is 609 g/mol. The van der Waals surface area contributed by atoms with Crippen LogP contribution in [0.1, 0.15) is 40.0 Å². The number of ketones is 1. The van der Waals surface area contributed by atoms with Crippen LogP contribution in [0.3, 0.4) is 0 Å². The fourth-order valence-electron chi connectivity index (χ4n) is 4.35. The molecule has 1 atom stereocenters. The molecule has 0 radical (unpaired) electrons. The maximum Gasteiger partial charge on any atom is 0.421 e. The third kappa shape index (κ3) is 5.97. The zero-order valence-corrected chi connectivity index (χ0v) is 22.5.